The molecule has 1 amide bonds. The number of nitrogens with zero attached hydrogens (tertiary/aromatic N) is 1. The van der Waals surface area contributed by atoms with Crippen molar-refractivity contribution in [1.29, 1.82) is 0 Å². The van der Waals surface area contributed by atoms with Crippen molar-refractivity contribution >= 4 is 33.2 Å². The van der Waals surface area contributed by atoms with Crippen LogP contribution in [0.2, 0.25) is 0 Å². The molecule has 0 bridgehead atoms. The summed E-state index contributed by atoms with van der Waals surface area (Å²) in [4.78, 5) is 22.2. The van der Waals surface area contributed by atoms with Gasteiger partial charge in [0.05, 0.1) is 9.40 Å². The molecule has 0 spiro atoms. The Kier molecular flexibility index (Phi) is 4.16. The van der Waals surface area contributed by atoms with E-state index in [1.807, 2.05) is 0 Å². The Labute approximate surface area is 118 Å². The van der Waals surface area contributed by atoms with E-state index in [1.165, 1.54) is 18.2 Å². The van der Waals surface area contributed by atoms with Crippen LogP contribution < -0.4 is 11.1 Å². The van der Waals surface area contributed by atoms with Gasteiger partial charge in [0, 0.05) is 23.7 Å². The summed E-state index contributed by atoms with van der Waals surface area (Å²) in [7, 11) is 0. The third kappa shape index (κ3) is 3.30. The molecule has 6 nitrogen and oxygen atoms in total. The molecule has 7 heteroatoms. The number of hydrogen-bond acceptors (Lipinski definition) is 4. The molecule has 1 aromatic carbocycles. The summed E-state index contributed by atoms with van der Waals surface area (Å²) in [6.07, 6.45) is 2.35. The predicted octanol–water partition coefficient (Wildman–Crippen LogP) is 2.42. The molecule has 0 aromatic heterocycles. The minimum absolute atomic E-state index is 0.0270. The Morgan fingerprint density at radius 1 is 1.47 bits per heavy atom. The van der Waals surface area contributed by atoms with Crippen LogP contribution in [-0.4, -0.2) is 16.9 Å². The second-order valence-corrected chi connectivity index (χ2v) is 5.54. The van der Waals surface area contributed by atoms with Gasteiger partial charge in [0.1, 0.15) is 0 Å². The zero-order valence-corrected chi connectivity index (χ0v) is 11.7. The van der Waals surface area contributed by atoms with E-state index in [0.717, 1.165) is 12.8 Å². The molecule has 1 aromatic rings. The van der Waals surface area contributed by atoms with E-state index in [9.17, 15) is 14.9 Å². The highest BCUT2D eigenvalue weighted by Gasteiger charge is 2.27. The van der Waals surface area contributed by atoms with Gasteiger partial charge in [-0.1, -0.05) is 0 Å². The van der Waals surface area contributed by atoms with Gasteiger partial charge >= 0.3 is 0 Å². The minimum atomic E-state index is -0.480. The number of carbonyl (C=O) groups excluding carboxylic acids is 1. The fourth-order valence-electron chi connectivity index (χ4n) is 2.23. The second kappa shape index (κ2) is 5.66. The summed E-state index contributed by atoms with van der Waals surface area (Å²) in [5.74, 6) is -0.141. The largest absolute Gasteiger partial charge is 0.328 e. The summed E-state index contributed by atoms with van der Waals surface area (Å²) in [5, 5.41) is 13.4. The van der Waals surface area contributed by atoms with Gasteiger partial charge in [0.25, 0.3) is 5.69 Å². The van der Waals surface area contributed by atoms with Gasteiger partial charge < -0.3 is 11.1 Å². The lowest BCUT2D eigenvalue weighted by molar-refractivity contribution is -0.385. The summed E-state index contributed by atoms with van der Waals surface area (Å²) >= 11 is 3.12. The molecule has 1 saturated carbocycles. The third-order valence-electron chi connectivity index (χ3n) is 3.26. The van der Waals surface area contributed by atoms with E-state index in [4.69, 9.17) is 5.73 Å². The number of amides is 1. The van der Waals surface area contributed by atoms with E-state index in [1.54, 1.807) is 0 Å². The first-order valence-electron chi connectivity index (χ1n) is 5.97. The predicted molar refractivity (Wildman–Crippen MR) is 74.7 cm³/mol. The first-order valence-corrected chi connectivity index (χ1v) is 6.77. The number of nitro groups is 1. The van der Waals surface area contributed by atoms with Crippen LogP contribution in [0.3, 0.4) is 0 Å². The van der Waals surface area contributed by atoms with Gasteiger partial charge in [-0.2, -0.15) is 0 Å². The molecule has 0 heterocycles. The number of nitrogens with one attached hydrogen (secondary N) is 1. The fraction of sp³-hybridized carbons (Fsp3) is 0.417. The standard InChI is InChI=1S/C12H14BrN3O3/c13-10-6-9(3-4-11(10)16(18)19)15-12(17)7-1-2-8(14)5-7/h3-4,6-8H,1-2,5,14H2,(H,15,17). The van der Waals surface area contributed by atoms with E-state index < -0.39 is 4.92 Å². The monoisotopic (exact) mass is 327 g/mol. The number of rotatable bonds is 3. The first kappa shape index (κ1) is 14.0. The average molecular weight is 328 g/mol. The van der Waals surface area contributed by atoms with Crippen molar-refractivity contribution in [1.82, 2.24) is 0 Å². The SMILES string of the molecule is NC1CCC(C(=O)Nc2ccc([N+](=O)[O-])c(Br)c2)C1. The van der Waals surface area contributed by atoms with Gasteiger partial charge in [-0.3, -0.25) is 14.9 Å². The van der Waals surface area contributed by atoms with Crippen molar-refractivity contribution in [2.75, 3.05) is 5.32 Å². The molecule has 0 aliphatic heterocycles. The highest BCUT2D eigenvalue weighted by atomic mass is 79.9. The fourth-order valence-corrected chi connectivity index (χ4v) is 2.76. The van der Waals surface area contributed by atoms with Gasteiger partial charge in [-0.05, 0) is 47.3 Å². The quantitative estimate of drug-likeness (QED) is 0.657. The van der Waals surface area contributed by atoms with Crippen LogP contribution in [-0.2, 0) is 4.79 Å². The summed E-state index contributed by atoms with van der Waals surface area (Å²) in [5.41, 5.74) is 6.29. The van der Waals surface area contributed by atoms with E-state index in [0.29, 0.717) is 16.6 Å². The Hall–Kier alpha value is -1.47. The highest BCUT2D eigenvalue weighted by molar-refractivity contribution is 9.10. The van der Waals surface area contributed by atoms with Crippen molar-refractivity contribution < 1.29 is 9.72 Å². The number of nitro benzene ring substituents is 1. The van der Waals surface area contributed by atoms with Crippen LogP contribution in [0.25, 0.3) is 0 Å². The van der Waals surface area contributed by atoms with E-state index in [-0.39, 0.29) is 23.6 Å². The summed E-state index contributed by atoms with van der Waals surface area (Å²) in [6, 6.07) is 4.51. The lowest BCUT2D eigenvalue weighted by Gasteiger charge is -2.11. The first-order chi connectivity index (χ1) is 8.97. The van der Waals surface area contributed by atoms with Crippen LogP contribution in [0.4, 0.5) is 11.4 Å². The van der Waals surface area contributed by atoms with Gasteiger partial charge in [-0.15, -0.1) is 0 Å². The molecule has 1 aliphatic carbocycles. The molecular formula is C12H14BrN3O3. The normalized spacial score (nSPS) is 22.2. The van der Waals surface area contributed by atoms with Crippen LogP contribution in [0.15, 0.2) is 22.7 Å². The lowest BCUT2D eigenvalue weighted by Crippen LogP contribution is -2.23. The Morgan fingerprint density at radius 3 is 2.74 bits per heavy atom. The van der Waals surface area contributed by atoms with Crippen molar-refractivity contribution in [3.63, 3.8) is 0 Å². The van der Waals surface area contributed by atoms with Crippen molar-refractivity contribution in [3.05, 3.63) is 32.8 Å². The van der Waals surface area contributed by atoms with Crippen LogP contribution in [0.5, 0.6) is 0 Å². The molecule has 0 saturated heterocycles. The maximum atomic E-state index is 12.0. The molecule has 19 heavy (non-hydrogen) atoms. The molecule has 2 rings (SSSR count). The topological polar surface area (TPSA) is 98.3 Å². The third-order valence-corrected chi connectivity index (χ3v) is 3.89. The number of benzene rings is 1. The van der Waals surface area contributed by atoms with E-state index >= 15 is 0 Å². The molecule has 2 unspecified atom stereocenters. The van der Waals surface area contributed by atoms with Gasteiger partial charge in [-0.25, -0.2) is 0 Å². The number of carbonyl (C=O) groups is 1. The molecule has 3 N–H and O–H groups in total. The Bertz CT molecular complexity index is 521. The molecular weight excluding hydrogens is 314 g/mol. The number of nitrogens with two attached hydrogens (primary N) is 1. The zero-order chi connectivity index (χ0) is 14.0. The van der Waals surface area contributed by atoms with Crippen LogP contribution in [0.1, 0.15) is 19.3 Å². The molecule has 1 aliphatic rings. The maximum Gasteiger partial charge on any atom is 0.283 e. The summed E-state index contributed by atoms with van der Waals surface area (Å²) in [6.45, 7) is 0. The van der Waals surface area contributed by atoms with Crippen LogP contribution in [0, 0.1) is 16.0 Å². The van der Waals surface area contributed by atoms with Gasteiger partial charge in [0.15, 0.2) is 0 Å². The van der Waals surface area contributed by atoms with Crippen LogP contribution >= 0.6 is 15.9 Å². The van der Waals surface area contributed by atoms with Crippen molar-refractivity contribution in [2.24, 2.45) is 11.7 Å². The van der Waals surface area contributed by atoms with Gasteiger partial charge in [0.2, 0.25) is 5.91 Å². The lowest BCUT2D eigenvalue weighted by atomic mass is 10.1. The summed E-state index contributed by atoms with van der Waals surface area (Å²) < 4.78 is 0.346. The number of halogens is 1. The van der Waals surface area contributed by atoms with E-state index in [2.05, 4.69) is 21.2 Å². The number of anilines is 1. The number of hydrogen-bond donors (Lipinski definition) is 2. The Balaban J connectivity index is 2.05. The van der Waals surface area contributed by atoms with Crippen molar-refractivity contribution in [3.8, 4) is 0 Å². The maximum absolute atomic E-state index is 12.0. The molecule has 2 atom stereocenters. The average Bonchev–Trinajstić information content (AvgIpc) is 2.75. The molecule has 0 radical (unpaired) electrons. The Morgan fingerprint density at radius 2 is 2.21 bits per heavy atom. The second-order valence-electron chi connectivity index (χ2n) is 4.68. The zero-order valence-electron chi connectivity index (χ0n) is 10.1. The molecule has 1 fully saturated rings. The molecule has 102 valence electrons. The minimum Gasteiger partial charge on any atom is -0.328 e. The van der Waals surface area contributed by atoms with Crippen molar-refractivity contribution in [2.45, 2.75) is 25.3 Å². The smallest absolute Gasteiger partial charge is 0.283 e. The highest BCUT2D eigenvalue weighted by Crippen LogP contribution is 2.29.